The molecule has 0 aromatic rings. The molecule has 0 spiro atoms. The lowest BCUT2D eigenvalue weighted by atomic mass is 10.7. The van der Waals surface area contributed by atoms with Crippen molar-refractivity contribution in [2.45, 2.75) is 19.7 Å². The molecule has 0 aromatic heterocycles. The predicted octanol–water partition coefficient (Wildman–Crippen LogP) is 2.35. The standard InChI is InChI=1S/C5H10F3O4P/c1-3-11-13(9,10-2)12-5(8)4(6)7/h4-5H,3H2,1-2H3. The van der Waals surface area contributed by atoms with Gasteiger partial charge in [-0.25, -0.2) is 22.3 Å². The molecule has 0 radical (unpaired) electrons. The Kier molecular flexibility index (Phi) is 5.55. The highest BCUT2D eigenvalue weighted by atomic mass is 31.2. The zero-order valence-corrected chi connectivity index (χ0v) is 7.97. The molecule has 0 fully saturated rings. The van der Waals surface area contributed by atoms with Crippen LogP contribution in [0.15, 0.2) is 0 Å². The van der Waals surface area contributed by atoms with Crippen LogP contribution in [0.1, 0.15) is 6.92 Å². The summed E-state index contributed by atoms with van der Waals surface area (Å²) < 4.78 is 58.7. The first-order valence-electron chi connectivity index (χ1n) is 3.36. The smallest absolute Gasteiger partial charge is 0.290 e. The van der Waals surface area contributed by atoms with E-state index in [1.54, 1.807) is 0 Å². The van der Waals surface area contributed by atoms with Crippen molar-refractivity contribution in [1.82, 2.24) is 0 Å². The summed E-state index contributed by atoms with van der Waals surface area (Å²) in [7, 11) is -3.25. The molecule has 2 unspecified atom stereocenters. The van der Waals surface area contributed by atoms with Crippen molar-refractivity contribution in [3.8, 4) is 0 Å². The minimum absolute atomic E-state index is 0.0962. The van der Waals surface area contributed by atoms with E-state index in [9.17, 15) is 17.7 Å². The lowest BCUT2D eigenvalue weighted by Gasteiger charge is -2.16. The van der Waals surface area contributed by atoms with Gasteiger partial charge in [0, 0.05) is 7.11 Å². The van der Waals surface area contributed by atoms with Gasteiger partial charge in [-0.15, -0.1) is 0 Å². The Bertz CT molecular complexity index is 189. The fourth-order valence-corrected chi connectivity index (χ4v) is 1.36. The van der Waals surface area contributed by atoms with Gasteiger partial charge in [-0.05, 0) is 6.92 Å². The number of halogens is 3. The first kappa shape index (κ1) is 12.9. The van der Waals surface area contributed by atoms with Crippen molar-refractivity contribution in [2.75, 3.05) is 13.7 Å². The van der Waals surface area contributed by atoms with Crippen LogP contribution in [0.25, 0.3) is 0 Å². The van der Waals surface area contributed by atoms with Gasteiger partial charge in [-0.3, -0.25) is 9.05 Å². The second-order valence-corrected chi connectivity index (χ2v) is 3.57. The van der Waals surface area contributed by atoms with Gasteiger partial charge in [-0.1, -0.05) is 0 Å². The van der Waals surface area contributed by atoms with Gasteiger partial charge in [0.25, 0.3) is 12.8 Å². The molecule has 0 aromatic carbocycles. The van der Waals surface area contributed by atoms with Crippen LogP contribution in [-0.4, -0.2) is 26.5 Å². The van der Waals surface area contributed by atoms with Crippen LogP contribution >= 0.6 is 7.82 Å². The second kappa shape index (κ2) is 5.59. The summed E-state index contributed by atoms with van der Waals surface area (Å²) in [6, 6.07) is 0. The van der Waals surface area contributed by atoms with Gasteiger partial charge in [0.05, 0.1) is 6.61 Å². The van der Waals surface area contributed by atoms with Crippen molar-refractivity contribution in [1.29, 1.82) is 0 Å². The monoisotopic (exact) mass is 222 g/mol. The Labute approximate surface area is 73.6 Å². The maximum atomic E-state index is 12.2. The van der Waals surface area contributed by atoms with E-state index in [1.807, 2.05) is 0 Å². The van der Waals surface area contributed by atoms with Crippen LogP contribution in [0.2, 0.25) is 0 Å². The summed E-state index contributed by atoms with van der Waals surface area (Å²) in [5, 5.41) is 0. The molecular weight excluding hydrogens is 212 g/mol. The third-order valence-electron chi connectivity index (χ3n) is 0.939. The summed E-state index contributed by atoms with van der Waals surface area (Å²) in [5.74, 6) is 0. The highest BCUT2D eigenvalue weighted by molar-refractivity contribution is 7.48. The lowest BCUT2D eigenvalue weighted by Crippen LogP contribution is -2.16. The minimum Gasteiger partial charge on any atom is -0.290 e. The Balaban J connectivity index is 4.18. The minimum atomic E-state index is -4.17. The number of hydrogen-bond donors (Lipinski definition) is 0. The van der Waals surface area contributed by atoms with Crippen LogP contribution in [0.3, 0.4) is 0 Å². The first-order valence-corrected chi connectivity index (χ1v) is 4.82. The second-order valence-electron chi connectivity index (χ2n) is 1.84. The third kappa shape index (κ3) is 4.61. The molecule has 2 atom stereocenters. The van der Waals surface area contributed by atoms with E-state index < -0.39 is 20.6 Å². The van der Waals surface area contributed by atoms with Crippen molar-refractivity contribution >= 4 is 7.82 Å². The molecule has 0 saturated heterocycles. The zero-order valence-electron chi connectivity index (χ0n) is 7.08. The molecule has 0 bridgehead atoms. The van der Waals surface area contributed by atoms with E-state index in [-0.39, 0.29) is 6.61 Å². The molecule has 0 saturated carbocycles. The molecule has 0 heterocycles. The fourth-order valence-electron chi connectivity index (χ4n) is 0.454. The maximum absolute atomic E-state index is 12.2. The van der Waals surface area contributed by atoms with Crippen molar-refractivity contribution < 1.29 is 31.3 Å². The lowest BCUT2D eigenvalue weighted by molar-refractivity contribution is -0.0842. The molecule has 0 aliphatic rings. The summed E-state index contributed by atoms with van der Waals surface area (Å²) in [4.78, 5) is 0. The van der Waals surface area contributed by atoms with Crippen LogP contribution in [0.4, 0.5) is 13.2 Å². The molecule has 0 N–H and O–H groups in total. The summed E-state index contributed by atoms with van der Waals surface area (Å²) >= 11 is 0. The largest absolute Gasteiger partial charge is 0.477 e. The molecule has 13 heavy (non-hydrogen) atoms. The van der Waals surface area contributed by atoms with E-state index in [0.717, 1.165) is 7.11 Å². The van der Waals surface area contributed by atoms with Gasteiger partial charge < -0.3 is 0 Å². The van der Waals surface area contributed by atoms with Crippen LogP contribution in [0.5, 0.6) is 0 Å². The van der Waals surface area contributed by atoms with Gasteiger partial charge in [0.1, 0.15) is 0 Å². The molecule has 8 heteroatoms. The fraction of sp³-hybridized carbons (Fsp3) is 1.00. The SMILES string of the molecule is CCOP(=O)(OC)OC(F)C(F)F. The molecule has 0 amide bonds. The highest BCUT2D eigenvalue weighted by Gasteiger charge is 2.33. The Hall–Kier alpha value is -0.100. The number of phosphoric acid groups is 1. The van der Waals surface area contributed by atoms with Crippen molar-refractivity contribution in [3.05, 3.63) is 0 Å². The van der Waals surface area contributed by atoms with E-state index in [4.69, 9.17) is 0 Å². The van der Waals surface area contributed by atoms with E-state index in [2.05, 4.69) is 13.6 Å². The van der Waals surface area contributed by atoms with Crippen molar-refractivity contribution in [3.63, 3.8) is 0 Å². The summed E-state index contributed by atoms with van der Waals surface area (Å²) in [6.45, 7) is 1.34. The maximum Gasteiger partial charge on any atom is 0.477 e. The Morgan fingerprint density at radius 2 is 1.92 bits per heavy atom. The summed E-state index contributed by atoms with van der Waals surface area (Å²) in [5.41, 5.74) is 0. The molecule has 0 rings (SSSR count). The average Bonchev–Trinajstić information content (AvgIpc) is 2.04. The normalized spacial score (nSPS) is 18.6. The molecular formula is C5H10F3O4P. The highest BCUT2D eigenvalue weighted by Crippen LogP contribution is 2.50. The number of rotatable bonds is 6. The van der Waals surface area contributed by atoms with E-state index in [1.165, 1.54) is 6.92 Å². The molecule has 0 aliphatic carbocycles. The van der Waals surface area contributed by atoms with Gasteiger partial charge >= 0.3 is 7.82 Å². The predicted molar refractivity (Wildman–Crippen MR) is 38.2 cm³/mol. The van der Waals surface area contributed by atoms with Crippen LogP contribution < -0.4 is 0 Å². The topological polar surface area (TPSA) is 44.8 Å². The summed E-state index contributed by atoms with van der Waals surface area (Å²) in [6.07, 6.45) is -6.36. The Morgan fingerprint density at radius 1 is 1.38 bits per heavy atom. The third-order valence-corrected chi connectivity index (χ3v) is 2.42. The first-order chi connectivity index (χ1) is 5.95. The molecule has 4 nitrogen and oxygen atoms in total. The molecule has 0 aliphatic heterocycles. The van der Waals surface area contributed by atoms with E-state index in [0.29, 0.717) is 0 Å². The van der Waals surface area contributed by atoms with E-state index >= 15 is 0 Å². The van der Waals surface area contributed by atoms with Gasteiger partial charge in [0.15, 0.2) is 0 Å². The van der Waals surface area contributed by atoms with Gasteiger partial charge in [0.2, 0.25) is 0 Å². The average molecular weight is 222 g/mol. The van der Waals surface area contributed by atoms with Crippen molar-refractivity contribution in [2.24, 2.45) is 0 Å². The van der Waals surface area contributed by atoms with Crippen LogP contribution in [-0.2, 0) is 18.1 Å². The number of phosphoric ester groups is 1. The zero-order chi connectivity index (χ0) is 10.5. The van der Waals surface area contributed by atoms with Gasteiger partial charge in [-0.2, -0.15) is 0 Å². The number of hydrogen-bond acceptors (Lipinski definition) is 4. The van der Waals surface area contributed by atoms with Crippen LogP contribution in [0, 0.1) is 0 Å². The number of alkyl halides is 3. The Morgan fingerprint density at radius 3 is 2.23 bits per heavy atom. The quantitative estimate of drug-likeness (QED) is 0.647. The molecule has 80 valence electrons.